The predicted molar refractivity (Wildman–Crippen MR) is 206 cm³/mol. The minimum absolute atomic E-state index is 0.0504. The van der Waals surface area contributed by atoms with E-state index < -0.39 is 0 Å². The van der Waals surface area contributed by atoms with Gasteiger partial charge in [-0.1, -0.05) is 139 Å². The molecule has 232 valence electrons. The van der Waals surface area contributed by atoms with E-state index >= 15 is 0 Å². The predicted octanol–water partition coefficient (Wildman–Crippen LogP) is 12.5. The maximum Gasteiger partial charge on any atom is 0.0541 e. The van der Waals surface area contributed by atoms with Crippen LogP contribution in [0.25, 0.3) is 49.7 Å². The zero-order valence-corrected chi connectivity index (χ0v) is 28.9. The van der Waals surface area contributed by atoms with Gasteiger partial charge in [0, 0.05) is 38.2 Å². The maximum atomic E-state index is 4.03. The summed E-state index contributed by atoms with van der Waals surface area (Å²) in [5, 5.41) is 2.57. The lowest BCUT2D eigenvalue weighted by molar-refractivity contribution is 0.660. The Morgan fingerprint density at radius 2 is 1.08 bits per heavy atom. The highest BCUT2D eigenvalue weighted by atomic mass is 79.9. The molecular weight excluding hydrogens is 658 g/mol. The first-order valence-electron chi connectivity index (χ1n) is 17.3. The number of hydrogen-bond acceptors (Lipinski definition) is 0. The van der Waals surface area contributed by atoms with Crippen molar-refractivity contribution in [1.82, 2.24) is 4.57 Å². The van der Waals surface area contributed by atoms with E-state index in [1.54, 1.807) is 0 Å². The number of para-hydroxylation sites is 1. The molecule has 4 aliphatic rings. The third-order valence-electron chi connectivity index (χ3n) is 11.9. The molecule has 0 amide bonds. The van der Waals surface area contributed by atoms with E-state index in [9.17, 15) is 0 Å². The first-order chi connectivity index (χ1) is 24.0. The topological polar surface area (TPSA) is 4.93 Å². The lowest BCUT2D eigenvalue weighted by Gasteiger charge is -2.43. The first-order valence-corrected chi connectivity index (χ1v) is 18.1. The van der Waals surface area contributed by atoms with E-state index in [0.717, 1.165) is 0 Å². The summed E-state index contributed by atoms with van der Waals surface area (Å²) in [6.07, 6.45) is 0. The summed E-state index contributed by atoms with van der Waals surface area (Å²) < 4.78 is 3.67. The second kappa shape index (κ2) is 9.71. The number of benzene rings is 7. The summed E-state index contributed by atoms with van der Waals surface area (Å²) in [4.78, 5) is 0. The second-order valence-electron chi connectivity index (χ2n) is 14.5. The van der Waals surface area contributed by atoms with Crippen molar-refractivity contribution in [2.75, 3.05) is 0 Å². The van der Waals surface area contributed by atoms with Gasteiger partial charge in [-0.05, 0) is 103 Å². The van der Waals surface area contributed by atoms with Crippen LogP contribution in [-0.4, -0.2) is 4.57 Å². The highest BCUT2D eigenvalue weighted by Gasteiger charge is 2.43. The summed E-state index contributed by atoms with van der Waals surface area (Å²) in [7, 11) is 0. The molecule has 0 atom stereocenters. The summed E-state index contributed by atoms with van der Waals surface area (Å²) in [5.74, 6) is 0.429. The Hall–Kier alpha value is -5.18. The van der Waals surface area contributed by atoms with E-state index in [1.807, 2.05) is 0 Å². The van der Waals surface area contributed by atoms with Crippen molar-refractivity contribution in [3.05, 3.63) is 195 Å². The number of halogens is 1. The van der Waals surface area contributed by atoms with Crippen LogP contribution in [0.15, 0.2) is 150 Å². The number of aromatic nitrogens is 1. The molecule has 0 saturated heterocycles. The fourth-order valence-electron chi connectivity index (χ4n) is 9.75. The smallest absolute Gasteiger partial charge is 0.0541 e. The van der Waals surface area contributed by atoms with E-state index in [1.165, 1.54) is 98.7 Å². The SMILES string of the molecule is CC1(C)c2ccccc2-c2ccc(-n3c4ccccc4c4cc(-c5ccc(Br)c6c5C5c7ccccc7C6c6ccccc65)ccc43)cc21. The molecule has 4 aliphatic carbocycles. The normalized spacial score (nSPS) is 17.4. The number of hydrogen-bond donors (Lipinski definition) is 0. The molecule has 1 heterocycles. The molecule has 0 unspecified atom stereocenters. The minimum Gasteiger partial charge on any atom is -0.309 e. The van der Waals surface area contributed by atoms with Crippen molar-refractivity contribution < 1.29 is 0 Å². The number of rotatable bonds is 2. The average molecular weight is 691 g/mol. The van der Waals surface area contributed by atoms with Gasteiger partial charge in [0.25, 0.3) is 0 Å². The molecule has 2 bridgehead atoms. The Morgan fingerprint density at radius 3 is 1.84 bits per heavy atom. The van der Waals surface area contributed by atoms with Crippen LogP contribution in [0.2, 0.25) is 0 Å². The van der Waals surface area contributed by atoms with Crippen molar-refractivity contribution in [2.24, 2.45) is 0 Å². The van der Waals surface area contributed by atoms with Crippen molar-refractivity contribution in [2.45, 2.75) is 31.1 Å². The molecule has 0 aliphatic heterocycles. The number of nitrogens with zero attached hydrogens (tertiary/aromatic N) is 1. The molecule has 0 fully saturated rings. The van der Waals surface area contributed by atoms with Crippen molar-refractivity contribution in [3.8, 4) is 27.9 Å². The Kier molecular flexibility index (Phi) is 5.50. The van der Waals surface area contributed by atoms with Gasteiger partial charge in [0.1, 0.15) is 0 Å². The molecular formula is C47H32BrN. The van der Waals surface area contributed by atoms with Crippen LogP contribution in [-0.2, 0) is 5.41 Å². The highest BCUT2D eigenvalue weighted by Crippen LogP contribution is 2.59. The van der Waals surface area contributed by atoms with E-state index in [-0.39, 0.29) is 17.3 Å². The van der Waals surface area contributed by atoms with Crippen LogP contribution in [0.3, 0.4) is 0 Å². The molecule has 1 aromatic heterocycles. The van der Waals surface area contributed by atoms with Gasteiger partial charge in [-0.2, -0.15) is 0 Å². The van der Waals surface area contributed by atoms with Gasteiger partial charge in [-0.15, -0.1) is 0 Å². The van der Waals surface area contributed by atoms with E-state index in [4.69, 9.17) is 0 Å². The van der Waals surface area contributed by atoms with Gasteiger partial charge < -0.3 is 4.57 Å². The quantitative estimate of drug-likeness (QED) is 0.170. The monoisotopic (exact) mass is 689 g/mol. The van der Waals surface area contributed by atoms with Crippen molar-refractivity contribution >= 4 is 37.7 Å². The van der Waals surface area contributed by atoms with Crippen LogP contribution in [0, 0.1) is 0 Å². The Balaban J connectivity index is 1.13. The molecule has 8 aromatic rings. The van der Waals surface area contributed by atoms with Crippen LogP contribution >= 0.6 is 15.9 Å². The summed E-state index contributed by atoms with van der Waals surface area (Å²) in [6.45, 7) is 4.73. The fourth-order valence-corrected chi connectivity index (χ4v) is 10.3. The average Bonchev–Trinajstić information content (AvgIpc) is 3.59. The second-order valence-corrected chi connectivity index (χ2v) is 15.4. The summed E-state index contributed by atoms with van der Waals surface area (Å²) >= 11 is 4.03. The first kappa shape index (κ1) is 27.7. The molecule has 0 N–H and O–H groups in total. The van der Waals surface area contributed by atoms with Gasteiger partial charge in [-0.3, -0.25) is 0 Å². The molecule has 49 heavy (non-hydrogen) atoms. The molecule has 12 rings (SSSR count). The van der Waals surface area contributed by atoms with E-state index in [2.05, 4.69) is 180 Å². The van der Waals surface area contributed by atoms with Gasteiger partial charge in [0.05, 0.1) is 11.0 Å². The molecule has 7 aromatic carbocycles. The molecule has 2 heteroatoms. The zero-order chi connectivity index (χ0) is 32.6. The fraction of sp³-hybridized carbons (Fsp3) is 0.106. The van der Waals surface area contributed by atoms with Gasteiger partial charge in [0.2, 0.25) is 0 Å². The standard InChI is InChI=1S/C47H32BrN/c1-47(2)38-17-9-7-11-30(38)31-21-20-28(26-39(31)47)49-41-18-10-8-12-32(41)37-25-27(19-24-42(37)49)29-22-23-40(48)46-44-35-15-5-3-13-33(35)43(45(29)46)34-14-4-6-16-36(34)44/h3-26,43-44H,1-2H3. The molecule has 0 spiro atoms. The zero-order valence-electron chi connectivity index (χ0n) is 27.3. The van der Waals surface area contributed by atoms with Crippen LogP contribution < -0.4 is 0 Å². The molecule has 0 radical (unpaired) electrons. The van der Waals surface area contributed by atoms with Crippen LogP contribution in [0.1, 0.15) is 70.2 Å². The largest absolute Gasteiger partial charge is 0.309 e. The third kappa shape index (κ3) is 3.55. The van der Waals surface area contributed by atoms with E-state index in [0.29, 0.717) is 0 Å². The highest BCUT2D eigenvalue weighted by molar-refractivity contribution is 9.10. The Labute approximate surface area is 294 Å². The number of fused-ring (bicyclic) bond motifs is 6. The molecule has 1 nitrogen and oxygen atoms in total. The van der Waals surface area contributed by atoms with Gasteiger partial charge in [0.15, 0.2) is 0 Å². The lowest BCUT2D eigenvalue weighted by atomic mass is 9.60. The van der Waals surface area contributed by atoms with Crippen LogP contribution in [0.5, 0.6) is 0 Å². The molecule has 0 saturated carbocycles. The third-order valence-corrected chi connectivity index (χ3v) is 12.5. The van der Waals surface area contributed by atoms with Crippen molar-refractivity contribution in [1.29, 1.82) is 0 Å². The van der Waals surface area contributed by atoms with Crippen LogP contribution in [0.4, 0.5) is 0 Å². The minimum atomic E-state index is -0.0504. The van der Waals surface area contributed by atoms with Crippen molar-refractivity contribution in [3.63, 3.8) is 0 Å². The Bertz CT molecular complexity index is 2680. The maximum absolute atomic E-state index is 4.03. The summed E-state index contributed by atoms with van der Waals surface area (Å²) in [5.41, 5.74) is 20.4. The summed E-state index contributed by atoms with van der Waals surface area (Å²) in [6, 6.07) is 54.9. The Morgan fingerprint density at radius 1 is 0.490 bits per heavy atom. The van der Waals surface area contributed by atoms with Gasteiger partial charge >= 0.3 is 0 Å². The lowest BCUT2D eigenvalue weighted by Crippen LogP contribution is -2.28. The van der Waals surface area contributed by atoms with Gasteiger partial charge in [-0.25, -0.2) is 0 Å².